The van der Waals surface area contributed by atoms with E-state index in [4.69, 9.17) is 8.74 Å². The fourth-order valence-electron chi connectivity index (χ4n) is 2.56. The molecule has 0 saturated carbocycles. The van der Waals surface area contributed by atoms with Crippen LogP contribution in [0.1, 0.15) is 8.42 Å². The van der Waals surface area contributed by atoms with Gasteiger partial charge in [0.25, 0.3) is 10.1 Å². The molecule has 30 heavy (non-hydrogen) atoms. The first kappa shape index (κ1) is 27.2. The summed E-state index contributed by atoms with van der Waals surface area (Å²) in [6.45, 7) is 1.58. The van der Waals surface area contributed by atoms with Gasteiger partial charge in [0.15, 0.2) is 0 Å². The Balaban J connectivity index is 0. The molecule has 0 bridgehead atoms. The molecule has 1 unspecified atom stereocenters. The third-order valence-electron chi connectivity index (χ3n) is 3.85. The molecule has 3 aromatic carbocycles. The number of rotatable bonds is 5. The Morgan fingerprint density at radius 1 is 1.07 bits per heavy atom. The molecule has 0 radical (unpaired) electrons. The molecular weight excluding hydrogens is 454 g/mol. The number of nitrogens with zero attached hydrogens (tertiary/aromatic N) is 2. The van der Waals surface area contributed by atoms with Gasteiger partial charge in [-0.1, -0.05) is 12.1 Å². The van der Waals surface area contributed by atoms with Gasteiger partial charge in [-0.3, -0.25) is 4.55 Å². The number of phenolic OH excluding ortho intramolecular Hbond substituents is 1. The molecule has 0 aliphatic rings. The minimum Gasteiger partial charge on any atom is -1.00 e. The van der Waals surface area contributed by atoms with Gasteiger partial charge >= 0.3 is 59.1 Å². The van der Waals surface area contributed by atoms with Crippen LogP contribution in [-0.4, -0.2) is 26.8 Å². The van der Waals surface area contributed by atoms with E-state index in [-0.39, 0.29) is 84.0 Å². The van der Waals surface area contributed by atoms with Crippen LogP contribution < -0.4 is 63.3 Å². The SMILES string of the molecule is Cc1cc(S(=O)(=O)O)ccc1N=Nc1c(O)ccc2c(OS(=O)[O-])cccc12.[H-].[H-].[Na+].[Na+]. The average molecular weight is 469 g/mol. The molecule has 0 spiro atoms. The Morgan fingerprint density at radius 2 is 1.77 bits per heavy atom. The standard InChI is InChI=1S/C17H14N2O7S2.2Na.2H/c1-10-9-11(28(23,24)25)5-7-14(10)18-19-17-13-3-2-4-16(26-27(21)22)12(13)6-8-15(17)20;;;;/h2-9,20H,1H3,(H,21,22)(H,23,24,25);;;;/q;2*+1;2*-1/p-1. The van der Waals surface area contributed by atoms with Gasteiger partial charge in [-0.05, 0) is 48.9 Å². The van der Waals surface area contributed by atoms with Crippen LogP contribution in [0.3, 0.4) is 0 Å². The zero-order valence-electron chi connectivity index (χ0n) is 18.3. The molecule has 9 nitrogen and oxygen atoms in total. The van der Waals surface area contributed by atoms with Gasteiger partial charge < -0.3 is 16.7 Å². The Bertz CT molecular complexity index is 1250. The zero-order chi connectivity index (χ0) is 20.5. The summed E-state index contributed by atoms with van der Waals surface area (Å²) in [6, 6.07) is 11.2. The van der Waals surface area contributed by atoms with Crippen LogP contribution >= 0.6 is 0 Å². The van der Waals surface area contributed by atoms with E-state index in [1.807, 2.05) is 0 Å². The molecule has 3 rings (SSSR count). The summed E-state index contributed by atoms with van der Waals surface area (Å²) < 4.78 is 57.9. The van der Waals surface area contributed by atoms with Gasteiger partial charge in [0.1, 0.15) is 28.5 Å². The average Bonchev–Trinajstić information content (AvgIpc) is 2.60. The fourth-order valence-corrected chi connectivity index (χ4v) is 3.41. The zero-order valence-corrected chi connectivity index (χ0v) is 21.9. The molecule has 0 heterocycles. The maximum atomic E-state index is 11.2. The summed E-state index contributed by atoms with van der Waals surface area (Å²) >= 11 is -2.77. The second kappa shape index (κ2) is 11.1. The number of hydrogen-bond donors (Lipinski definition) is 2. The summed E-state index contributed by atoms with van der Waals surface area (Å²) in [7, 11) is -4.34. The second-order valence-electron chi connectivity index (χ2n) is 5.70. The van der Waals surface area contributed by atoms with Crippen LogP contribution in [0.5, 0.6) is 11.5 Å². The first-order valence-electron chi connectivity index (χ1n) is 7.69. The van der Waals surface area contributed by atoms with Crippen molar-refractivity contribution in [3.05, 3.63) is 54.1 Å². The van der Waals surface area contributed by atoms with E-state index in [2.05, 4.69) is 10.2 Å². The summed E-state index contributed by atoms with van der Waals surface area (Å²) in [5, 5.41) is 19.0. The van der Waals surface area contributed by atoms with Crippen LogP contribution in [-0.2, 0) is 21.5 Å². The molecule has 2 N–H and O–H groups in total. The van der Waals surface area contributed by atoms with Gasteiger partial charge in [-0.15, -0.1) is 5.11 Å². The van der Waals surface area contributed by atoms with Crippen molar-refractivity contribution in [3.63, 3.8) is 0 Å². The molecule has 0 amide bonds. The number of benzene rings is 3. The molecule has 0 saturated heterocycles. The number of fused-ring (bicyclic) bond motifs is 1. The second-order valence-corrected chi connectivity index (χ2v) is 7.69. The Hall–Kier alpha value is -0.860. The van der Waals surface area contributed by atoms with Gasteiger partial charge in [0.2, 0.25) is 0 Å². The molecule has 3 aromatic rings. The molecule has 13 heteroatoms. The van der Waals surface area contributed by atoms with Crippen molar-refractivity contribution >= 4 is 43.6 Å². The largest absolute Gasteiger partial charge is 1.00 e. The first-order chi connectivity index (χ1) is 13.2. The molecule has 0 aliphatic heterocycles. The van der Waals surface area contributed by atoms with Gasteiger partial charge in [0.05, 0.1) is 10.6 Å². The van der Waals surface area contributed by atoms with Crippen LogP contribution in [0.2, 0.25) is 0 Å². The van der Waals surface area contributed by atoms with Crippen molar-refractivity contribution in [2.45, 2.75) is 11.8 Å². The molecule has 0 aliphatic carbocycles. The molecular formula is C17H15N2Na2O7S2-. The van der Waals surface area contributed by atoms with E-state index in [0.29, 0.717) is 22.0 Å². The smallest absolute Gasteiger partial charge is 1.00 e. The monoisotopic (exact) mass is 469 g/mol. The van der Waals surface area contributed by atoms with Crippen molar-refractivity contribution in [2.75, 3.05) is 0 Å². The minimum absolute atomic E-state index is 0. The maximum Gasteiger partial charge on any atom is 1.00 e. The summed E-state index contributed by atoms with van der Waals surface area (Å²) in [5.74, 6) is -0.125. The minimum atomic E-state index is -4.34. The third-order valence-corrected chi connectivity index (χ3v) is 5.02. The summed E-state index contributed by atoms with van der Waals surface area (Å²) in [5.41, 5.74) is 0.833. The topological polar surface area (TPSA) is 149 Å². The maximum absolute atomic E-state index is 11.2. The number of aryl methyl sites for hydroxylation is 1. The van der Waals surface area contributed by atoms with E-state index in [1.54, 1.807) is 13.0 Å². The van der Waals surface area contributed by atoms with Crippen LogP contribution in [0.15, 0.2) is 63.7 Å². The number of phenols is 1. The van der Waals surface area contributed by atoms with E-state index in [0.717, 1.165) is 0 Å². The summed E-state index contributed by atoms with van der Waals surface area (Å²) in [6.07, 6.45) is 0. The van der Waals surface area contributed by atoms with Gasteiger partial charge in [-0.2, -0.15) is 13.5 Å². The fraction of sp³-hybridized carbons (Fsp3) is 0.0588. The summed E-state index contributed by atoms with van der Waals surface area (Å²) in [4.78, 5) is -0.274. The van der Waals surface area contributed by atoms with Crippen molar-refractivity contribution < 1.29 is 93.0 Å². The Labute approximate surface area is 222 Å². The predicted octanol–water partition coefficient (Wildman–Crippen LogP) is -2.08. The molecule has 0 aromatic heterocycles. The third kappa shape index (κ3) is 6.33. The number of azo groups is 1. The molecule has 150 valence electrons. The molecule has 0 fully saturated rings. The van der Waals surface area contributed by atoms with E-state index >= 15 is 0 Å². The van der Waals surface area contributed by atoms with Crippen molar-refractivity contribution in [1.29, 1.82) is 0 Å². The van der Waals surface area contributed by atoms with Crippen LogP contribution in [0.4, 0.5) is 11.4 Å². The Morgan fingerprint density at radius 3 is 2.37 bits per heavy atom. The van der Waals surface area contributed by atoms with Gasteiger partial charge in [-0.25, -0.2) is 4.21 Å². The van der Waals surface area contributed by atoms with E-state index < -0.39 is 21.5 Å². The normalized spacial score (nSPS) is 12.2. The van der Waals surface area contributed by atoms with E-state index in [1.165, 1.54) is 42.5 Å². The Kier molecular flexibility index (Phi) is 10.1. The van der Waals surface area contributed by atoms with Crippen LogP contribution in [0, 0.1) is 6.92 Å². The molecule has 1 atom stereocenters. The van der Waals surface area contributed by atoms with Crippen LogP contribution in [0.25, 0.3) is 10.8 Å². The van der Waals surface area contributed by atoms with Crippen molar-refractivity contribution in [1.82, 2.24) is 0 Å². The van der Waals surface area contributed by atoms with Crippen molar-refractivity contribution in [2.24, 2.45) is 10.2 Å². The predicted molar refractivity (Wildman–Crippen MR) is 103 cm³/mol. The number of aromatic hydroxyl groups is 1. The van der Waals surface area contributed by atoms with Gasteiger partial charge in [0, 0.05) is 10.8 Å². The first-order valence-corrected chi connectivity index (χ1v) is 10.1. The van der Waals surface area contributed by atoms with Crippen molar-refractivity contribution in [3.8, 4) is 11.5 Å². The number of hydrogen-bond acceptors (Lipinski definition) is 8. The van der Waals surface area contributed by atoms with E-state index in [9.17, 15) is 22.3 Å². The quantitative estimate of drug-likeness (QED) is 0.189.